The number of piperazine rings is 1. The monoisotopic (exact) mass is 304 g/mol. The van der Waals surface area contributed by atoms with Crippen LogP contribution in [0.3, 0.4) is 0 Å². The molecule has 0 unspecified atom stereocenters. The van der Waals surface area contributed by atoms with Crippen molar-refractivity contribution in [3.05, 3.63) is 33.6 Å². The van der Waals surface area contributed by atoms with Crippen LogP contribution in [0, 0.1) is 5.82 Å². The molecular weight excluding hydrogens is 290 g/mol. The fourth-order valence-electron chi connectivity index (χ4n) is 2.03. The first-order valence-corrected chi connectivity index (χ1v) is 6.81. The lowest BCUT2D eigenvalue weighted by Gasteiger charge is -2.31. The van der Waals surface area contributed by atoms with E-state index in [4.69, 9.17) is 23.2 Å². The van der Waals surface area contributed by atoms with Crippen LogP contribution in [-0.2, 0) is 0 Å². The third-order valence-electron chi connectivity index (χ3n) is 3.27. The van der Waals surface area contributed by atoms with Gasteiger partial charge in [-0.2, -0.15) is 0 Å². The summed E-state index contributed by atoms with van der Waals surface area (Å²) in [6, 6.07) is 2.39. The molecule has 1 aromatic rings. The molecule has 0 aliphatic carbocycles. The van der Waals surface area contributed by atoms with Gasteiger partial charge >= 0.3 is 0 Å². The van der Waals surface area contributed by atoms with Gasteiger partial charge in [0, 0.05) is 31.7 Å². The predicted octanol–water partition coefficient (Wildman–Crippen LogP) is 2.56. The molecule has 1 fully saturated rings. The van der Waals surface area contributed by atoms with Gasteiger partial charge in [0.15, 0.2) is 5.78 Å². The molecule has 0 saturated carbocycles. The maximum atomic E-state index is 13.4. The van der Waals surface area contributed by atoms with Crippen molar-refractivity contribution in [1.82, 2.24) is 9.80 Å². The first kappa shape index (κ1) is 14.7. The lowest BCUT2D eigenvalue weighted by molar-refractivity contribution is 0.0876. The SMILES string of the molecule is CN1CCN(CC(=O)c2cc(F)c(Cl)cc2Cl)CC1. The van der Waals surface area contributed by atoms with E-state index >= 15 is 0 Å². The Hall–Kier alpha value is -0.680. The number of likely N-dealkylation sites (N-methyl/N-ethyl adjacent to an activating group) is 1. The number of hydrogen-bond acceptors (Lipinski definition) is 3. The third-order valence-corrected chi connectivity index (χ3v) is 3.88. The van der Waals surface area contributed by atoms with Crippen molar-refractivity contribution in [1.29, 1.82) is 0 Å². The van der Waals surface area contributed by atoms with Gasteiger partial charge < -0.3 is 4.90 Å². The number of rotatable bonds is 3. The van der Waals surface area contributed by atoms with Crippen LogP contribution in [0.2, 0.25) is 10.0 Å². The zero-order valence-corrected chi connectivity index (χ0v) is 12.1. The lowest BCUT2D eigenvalue weighted by atomic mass is 10.1. The Morgan fingerprint density at radius 2 is 1.84 bits per heavy atom. The van der Waals surface area contributed by atoms with Gasteiger partial charge in [-0.1, -0.05) is 23.2 Å². The van der Waals surface area contributed by atoms with Crippen molar-refractivity contribution in [2.24, 2.45) is 0 Å². The van der Waals surface area contributed by atoms with E-state index in [2.05, 4.69) is 4.90 Å². The van der Waals surface area contributed by atoms with E-state index in [1.165, 1.54) is 6.07 Å². The molecule has 0 atom stereocenters. The van der Waals surface area contributed by atoms with Gasteiger partial charge in [-0.05, 0) is 19.2 Å². The predicted molar refractivity (Wildman–Crippen MR) is 74.7 cm³/mol. The highest BCUT2D eigenvalue weighted by Gasteiger charge is 2.20. The van der Waals surface area contributed by atoms with Gasteiger partial charge in [-0.25, -0.2) is 4.39 Å². The molecule has 3 nitrogen and oxygen atoms in total. The second-order valence-electron chi connectivity index (χ2n) is 4.75. The summed E-state index contributed by atoms with van der Waals surface area (Å²) in [6.07, 6.45) is 0. The first-order chi connectivity index (χ1) is 8.97. The van der Waals surface area contributed by atoms with Crippen molar-refractivity contribution < 1.29 is 9.18 Å². The zero-order valence-electron chi connectivity index (χ0n) is 10.6. The van der Waals surface area contributed by atoms with E-state index in [-0.39, 0.29) is 27.9 Å². The number of ketones is 1. The van der Waals surface area contributed by atoms with Gasteiger partial charge in [-0.3, -0.25) is 9.69 Å². The molecule has 2 rings (SSSR count). The van der Waals surface area contributed by atoms with Crippen LogP contribution >= 0.6 is 23.2 Å². The quantitative estimate of drug-likeness (QED) is 0.633. The van der Waals surface area contributed by atoms with Crippen LogP contribution in [0.1, 0.15) is 10.4 Å². The van der Waals surface area contributed by atoms with Crippen LogP contribution in [0.4, 0.5) is 4.39 Å². The highest BCUT2D eigenvalue weighted by molar-refractivity contribution is 6.37. The number of benzene rings is 1. The molecule has 19 heavy (non-hydrogen) atoms. The molecule has 0 N–H and O–H groups in total. The van der Waals surface area contributed by atoms with E-state index in [0.29, 0.717) is 0 Å². The average Bonchev–Trinajstić information content (AvgIpc) is 2.36. The Kier molecular flexibility index (Phi) is 4.79. The van der Waals surface area contributed by atoms with E-state index in [1.54, 1.807) is 0 Å². The molecule has 1 aliphatic rings. The molecule has 0 amide bonds. The normalized spacial score (nSPS) is 17.7. The van der Waals surface area contributed by atoms with E-state index in [9.17, 15) is 9.18 Å². The number of carbonyl (C=O) groups is 1. The molecule has 1 saturated heterocycles. The van der Waals surface area contributed by atoms with Crippen molar-refractivity contribution in [2.75, 3.05) is 39.8 Å². The molecule has 0 aromatic heterocycles. The van der Waals surface area contributed by atoms with Gasteiger partial charge in [0.2, 0.25) is 0 Å². The maximum absolute atomic E-state index is 13.4. The molecule has 0 bridgehead atoms. The standard InChI is InChI=1S/C13H15Cl2FN2O/c1-17-2-4-18(5-3-17)8-13(19)9-6-12(16)11(15)7-10(9)14/h6-7H,2-5,8H2,1H3. The van der Waals surface area contributed by atoms with Gasteiger partial charge in [0.05, 0.1) is 16.6 Å². The number of carbonyl (C=O) groups excluding carboxylic acids is 1. The molecule has 1 aromatic carbocycles. The summed E-state index contributed by atoms with van der Waals surface area (Å²) in [5, 5.41) is 0.131. The van der Waals surface area contributed by atoms with Crippen molar-refractivity contribution in [3.63, 3.8) is 0 Å². The minimum absolute atomic E-state index is 0.0684. The second-order valence-corrected chi connectivity index (χ2v) is 5.56. The van der Waals surface area contributed by atoms with Gasteiger partial charge in [0.1, 0.15) is 5.82 Å². The molecule has 0 radical (unpaired) electrons. The lowest BCUT2D eigenvalue weighted by Crippen LogP contribution is -2.46. The Labute approximate surface area is 121 Å². The van der Waals surface area contributed by atoms with Gasteiger partial charge in [0.25, 0.3) is 0 Å². The van der Waals surface area contributed by atoms with Crippen LogP contribution in [0.5, 0.6) is 0 Å². The molecule has 6 heteroatoms. The van der Waals surface area contributed by atoms with Crippen molar-refractivity contribution in [2.45, 2.75) is 0 Å². The number of hydrogen-bond donors (Lipinski definition) is 0. The van der Waals surface area contributed by atoms with Crippen LogP contribution in [0.25, 0.3) is 0 Å². The van der Waals surface area contributed by atoms with Crippen molar-refractivity contribution >= 4 is 29.0 Å². The summed E-state index contributed by atoms with van der Waals surface area (Å²) in [6.45, 7) is 3.77. The largest absolute Gasteiger partial charge is 0.304 e. The Balaban J connectivity index is 2.06. The van der Waals surface area contributed by atoms with Crippen molar-refractivity contribution in [3.8, 4) is 0 Å². The molecule has 1 aliphatic heterocycles. The molecule has 104 valence electrons. The summed E-state index contributed by atoms with van der Waals surface area (Å²) in [7, 11) is 2.05. The van der Waals surface area contributed by atoms with Crippen LogP contribution < -0.4 is 0 Å². The fourth-order valence-corrected chi connectivity index (χ4v) is 2.52. The maximum Gasteiger partial charge on any atom is 0.178 e. The second kappa shape index (κ2) is 6.18. The smallest absolute Gasteiger partial charge is 0.178 e. The zero-order chi connectivity index (χ0) is 14.0. The summed E-state index contributed by atoms with van der Waals surface area (Å²) in [5.41, 5.74) is 0.197. The summed E-state index contributed by atoms with van der Waals surface area (Å²) < 4.78 is 13.4. The number of halogens is 3. The van der Waals surface area contributed by atoms with Crippen LogP contribution in [0.15, 0.2) is 12.1 Å². The third kappa shape index (κ3) is 3.66. The van der Waals surface area contributed by atoms with E-state index in [0.717, 1.165) is 32.2 Å². The Morgan fingerprint density at radius 1 is 1.21 bits per heavy atom. The van der Waals surface area contributed by atoms with E-state index < -0.39 is 5.82 Å². The number of Topliss-reactive ketones (excluding diaryl/α,β-unsaturated/α-hetero) is 1. The molecular formula is C13H15Cl2FN2O. The fraction of sp³-hybridized carbons (Fsp3) is 0.462. The minimum Gasteiger partial charge on any atom is -0.304 e. The Bertz CT molecular complexity index is 488. The average molecular weight is 305 g/mol. The highest BCUT2D eigenvalue weighted by atomic mass is 35.5. The minimum atomic E-state index is -0.618. The van der Waals surface area contributed by atoms with Gasteiger partial charge in [-0.15, -0.1) is 0 Å². The molecule has 1 heterocycles. The van der Waals surface area contributed by atoms with E-state index in [1.807, 2.05) is 11.9 Å². The van der Waals surface area contributed by atoms with Crippen LogP contribution in [-0.4, -0.2) is 55.4 Å². The Morgan fingerprint density at radius 3 is 2.47 bits per heavy atom. The number of nitrogens with zero attached hydrogens (tertiary/aromatic N) is 2. The summed E-state index contributed by atoms with van der Waals surface area (Å²) >= 11 is 11.6. The highest BCUT2D eigenvalue weighted by Crippen LogP contribution is 2.24. The topological polar surface area (TPSA) is 23.6 Å². The molecule has 0 spiro atoms. The first-order valence-electron chi connectivity index (χ1n) is 6.06. The summed E-state index contributed by atoms with van der Waals surface area (Å²) in [4.78, 5) is 16.4. The summed E-state index contributed by atoms with van der Waals surface area (Å²) in [5.74, 6) is -0.794.